The van der Waals surface area contributed by atoms with E-state index in [1.54, 1.807) is 26.4 Å². The molecule has 0 amide bonds. The number of hydrogen-bond acceptors (Lipinski definition) is 6. The normalized spacial score (nSPS) is 13.1. The summed E-state index contributed by atoms with van der Waals surface area (Å²) < 4.78 is 21.5. The summed E-state index contributed by atoms with van der Waals surface area (Å²) in [6, 6.07) is 11.5. The van der Waals surface area contributed by atoms with E-state index < -0.39 is 11.9 Å². The van der Waals surface area contributed by atoms with Gasteiger partial charge in [-0.3, -0.25) is 0 Å². The maximum atomic E-state index is 12.6. The maximum absolute atomic E-state index is 12.6. The summed E-state index contributed by atoms with van der Waals surface area (Å²) in [5.74, 6) is 0.535. The van der Waals surface area contributed by atoms with Crippen LogP contribution in [-0.4, -0.2) is 40.4 Å². The van der Waals surface area contributed by atoms with Crippen molar-refractivity contribution in [1.82, 2.24) is 0 Å². The van der Waals surface area contributed by atoms with Gasteiger partial charge in [-0.25, -0.2) is 9.59 Å². The predicted molar refractivity (Wildman–Crippen MR) is 131 cm³/mol. The fourth-order valence-electron chi connectivity index (χ4n) is 5.36. The summed E-state index contributed by atoms with van der Waals surface area (Å²) in [4.78, 5) is 25.3. The smallest absolute Gasteiger partial charge is 0.338 e. The lowest BCUT2D eigenvalue weighted by Crippen LogP contribution is -2.12. The summed E-state index contributed by atoms with van der Waals surface area (Å²) in [7, 11) is 6.00. The van der Waals surface area contributed by atoms with Crippen LogP contribution in [-0.2, 0) is 22.3 Å². The third kappa shape index (κ3) is 3.16. The van der Waals surface area contributed by atoms with Gasteiger partial charge in [-0.15, -0.1) is 0 Å². The van der Waals surface area contributed by atoms with E-state index in [0.29, 0.717) is 0 Å². The molecule has 0 heterocycles. The number of methoxy groups -OCH3 is 4. The monoisotopic (exact) mass is 458 g/mol. The Kier molecular flexibility index (Phi) is 5.52. The third-order valence-electron chi connectivity index (χ3n) is 6.88. The number of aryl methyl sites for hydroxylation is 2. The molecule has 0 aliphatic heterocycles. The van der Waals surface area contributed by atoms with Crippen molar-refractivity contribution >= 4 is 44.3 Å². The summed E-state index contributed by atoms with van der Waals surface area (Å²) >= 11 is 0. The van der Waals surface area contributed by atoms with Crippen LogP contribution in [0.5, 0.6) is 11.5 Å². The van der Waals surface area contributed by atoms with Gasteiger partial charge in [0.15, 0.2) is 0 Å². The Morgan fingerprint density at radius 3 is 1.38 bits per heavy atom. The van der Waals surface area contributed by atoms with Crippen LogP contribution in [0, 0.1) is 0 Å². The standard InChI is InChI=1S/C28H26O6/c1-31-23-11-9-15-19-13-21(27(29)33-3)22(28(30)34-4)14-20(19)16-10-12-24(32-2)18-8-6-5-7-17(23)25(15)26(16)18/h9-14H,5-8H2,1-4H3. The van der Waals surface area contributed by atoms with E-state index >= 15 is 0 Å². The molecule has 34 heavy (non-hydrogen) atoms. The van der Waals surface area contributed by atoms with E-state index in [1.807, 2.05) is 24.3 Å². The van der Waals surface area contributed by atoms with Gasteiger partial charge in [0.2, 0.25) is 0 Å². The molecule has 0 saturated heterocycles. The molecule has 0 unspecified atom stereocenters. The van der Waals surface area contributed by atoms with E-state index in [4.69, 9.17) is 18.9 Å². The first-order valence-electron chi connectivity index (χ1n) is 11.3. The Morgan fingerprint density at radius 2 is 1.03 bits per heavy atom. The molecule has 5 rings (SSSR count). The van der Waals surface area contributed by atoms with Crippen LogP contribution in [0.15, 0.2) is 36.4 Å². The number of esters is 2. The molecule has 0 spiro atoms. The van der Waals surface area contributed by atoms with Crippen LogP contribution in [0.2, 0.25) is 0 Å². The van der Waals surface area contributed by atoms with Gasteiger partial charge in [0, 0.05) is 11.1 Å². The minimum Gasteiger partial charge on any atom is -0.496 e. The van der Waals surface area contributed by atoms with E-state index in [0.717, 1.165) is 80.6 Å². The number of carbonyl (C=O) groups is 2. The van der Waals surface area contributed by atoms with Crippen molar-refractivity contribution < 1.29 is 28.5 Å². The van der Waals surface area contributed by atoms with E-state index in [1.165, 1.54) is 14.2 Å². The van der Waals surface area contributed by atoms with Gasteiger partial charge >= 0.3 is 11.9 Å². The number of ether oxygens (including phenoxy) is 4. The summed E-state index contributed by atoms with van der Waals surface area (Å²) in [6.45, 7) is 0. The van der Waals surface area contributed by atoms with Crippen molar-refractivity contribution in [2.45, 2.75) is 25.7 Å². The molecule has 0 aromatic heterocycles. The Labute approximate surface area is 197 Å². The van der Waals surface area contributed by atoms with Crippen molar-refractivity contribution in [2.24, 2.45) is 0 Å². The van der Waals surface area contributed by atoms with E-state index in [-0.39, 0.29) is 11.1 Å². The van der Waals surface area contributed by atoms with Crippen LogP contribution in [0.3, 0.4) is 0 Å². The summed E-state index contributed by atoms with van der Waals surface area (Å²) in [5, 5.41) is 5.95. The zero-order valence-electron chi connectivity index (χ0n) is 19.7. The molecule has 0 fully saturated rings. The number of fused-ring (bicyclic) bond motifs is 3. The molecule has 0 saturated carbocycles. The number of rotatable bonds is 4. The second-order valence-electron chi connectivity index (χ2n) is 8.47. The maximum Gasteiger partial charge on any atom is 0.338 e. The molecule has 0 atom stereocenters. The summed E-state index contributed by atoms with van der Waals surface area (Å²) in [6.07, 6.45) is 3.84. The van der Waals surface area contributed by atoms with Gasteiger partial charge in [-0.05, 0) is 82.3 Å². The molecular formula is C28H26O6. The van der Waals surface area contributed by atoms with Crippen molar-refractivity contribution in [3.05, 3.63) is 58.7 Å². The average Bonchev–Trinajstić information content (AvgIpc) is 2.87. The first-order valence-corrected chi connectivity index (χ1v) is 11.3. The largest absolute Gasteiger partial charge is 0.496 e. The molecule has 0 radical (unpaired) electrons. The van der Waals surface area contributed by atoms with Gasteiger partial charge < -0.3 is 18.9 Å². The molecule has 1 aliphatic rings. The fourth-order valence-corrected chi connectivity index (χ4v) is 5.36. The van der Waals surface area contributed by atoms with Gasteiger partial charge in [-0.1, -0.05) is 12.1 Å². The van der Waals surface area contributed by atoms with Gasteiger partial charge in [0.1, 0.15) is 11.5 Å². The SMILES string of the molecule is COC(=O)c1cc2c(cc1C(=O)OC)c1ccc(OC)c3c1c1c(c(OC)ccc21)CCCC3. The second-order valence-corrected chi connectivity index (χ2v) is 8.47. The zero-order chi connectivity index (χ0) is 24.0. The van der Waals surface area contributed by atoms with Crippen LogP contribution in [0.25, 0.3) is 32.3 Å². The molecule has 1 aliphatic carbocycles. The van der Waals surface area contributed by atoms with Gasteiger partial charge in [0.05, 0.1) is 39.6 Å². The first-order chi connectivity index (χ1) is 16.5. The Bertz CT molecular complexity index is 1370. The quantitative estimate of drug-likeness (QED) is 0.292. The molecular weight excluding hydrogens is 432 g/mol. The van der Waals surface area contributed by atoms with Crippen LogP contribution >= 0.6 is 0 Å². The lowest BCUT2D eigenvalue weighted by atomic mass is 9.83. The predicted octanol–water partition coefficient (Wildman–Crippen LogP) is 5.62. The molecule has 4 aromatic carbocycles. The highest BCUT2D eigenvalue weighted by molar-refractivity contribution is 6.29. The second kappa shape index (κ2) is 8.52. The van der Waals surface area contributed by atoms with Crippen molar-refractivity contribution in [3.8, 4) is 11.5 Å². The zero-order valence-corrected chi connectivity index (χ0v) is 19.7. The minimum atomic E-state index is -0.583. The van der Waals surface area contributed by atoms with E-state index in [2.05, 4.69) is 0 Å². The highest BCUT2D eigenvalue weighted by atomic mass is 16.5. The van der Waals surface area contributed by atoms with Gasteiger partial charge in [0.25, 0.3) is 0 Å². The Balaban J connectivity index is 2.08. The Morgan fingerprint density at radius 1 is 0.618 bits per heavy atom. The topological polar surface area (TPSA) is 71.1 Å². The lowest BCUT2D eigenvalue weighted by Gasteiger charge is -2.23. The van der Waals surface area contributed by atoms with Crippen molar-refractivity contribution in [3.63, 3.8) is 0 Å². The molecule has 174 valence electrons. The molecule has 6 heteroatoms. The van der Waals surface area contributed by atoms with Crippen molar-refractivity contribution in [2.75, 3.05) is 28.4 Å². The highest BCUT2D eigenvalue weighted by Crippen LogP contribution is 2.45. The molecule has 6 nitrogen and oxygen atoms in total. The number of hydrogen-bond donors (Lipinski definition) is 0. The minimum absolute atomic E-state index is 0.181. The summed E-state index contributed by atoms with van der Waals surface area (Å²) in [5.41, 5.74) is 2.66. The first kappa shape index (κ1) is 22.0. The molecule has 4 aromatic rings. The third-order valence-corrected chi connectivity index (χ3v) is 6.88. The molecule has 0 N–H and O–H groups in total. The number of carbonyl (C=O) groups excluding carboxylic acids is 2. The fraction of sp³-hybridized carbons (Fsp3) is 0.286. The molecule has 0 bridgehead atoms. The van der Waals surface area contributed by atoms with Gasteiger partial charge in [-0.2, -0.15) is 0 Å². The lowest BCUT2D eigenvalue weighted by molar-refractivity contribution is 0.0555. The average molecular weight is 459 g/mol. The highest BCUT2D eigenvalue weighted by Gasteiger charge is 2.25. The van der Waals surface area contributed by atoms with Crippen molar-refractivity contribution in [1.29, 1.82) is 0 Å². The Hall–Kier alpha value is -3.80. The van der Waals surface area contributed by atoms with Crippen LogP contribution in [0.4, 0.5) is 0 Å². The van der Waals surface area contributed by atoms with Crippen LogP contribution in [0.1, 0.15) is 44.7 Å². The van der Waals surface area contributed by atoms with Crippen LogP contribution < -0.4 is 9.47 Å². The van der Waals surface area contributed by atoms with E-state index in [9.17, 15) is 9.59 Å². The number of benzene rings is 4.